The molecule has 104 valence electrons. The number of carbonyl (C=O) groups is 1. The Morgan fingerprint density at radius 3 is 2.85 bits per heavy atom. The zero-order valence-corrected chi connectivity index (χ0v) is 11.6. The molecular formula is C16H19N3O. The van der Waals surface area contributed by atoms with Crippen molar-refractivity contribution in [1.82, 2.24) is 10.3 Å². The topological polar surface area (TPSA) is 54.0 Å². The Morgan fingerprint density at radius 2 is 2.10 bits per heavy atom. The molecule has 0 fully saturated rings. The fourth-order valence-electron chi connectivity index (χ4n) is 1.97. The van der Waals surface area contributed by atoms with E-state index in [-0.39, 0.29) is 5.91 Å². The van der Waals surface area contributed by atoms with Crippen LogP contribution in [0.1, 0.15) is 17.7 Å². The van der Waals surface area contributed by atoms with Gasteiger partial charge in [0, 0.05) is 30.5 Å². The van der Waals surface area contributed by atoms with Crippen LogP contribution >= 0.6 is 0 Å². The predicted octanol–water partition coefficient (Wildman–Crippen LogP) is 2.37. The zero-order chi connectivity index (χ0) is 14.2. The second-order valence-corrected chi connectivity index (χ2v) is 4.60. The standard InChI is InChI=1S/C16H19N3O/c1-17-12-13-5-4-7-15(11-13)19-16(20)9-8-14-6-2-3-10-18-14/h2-7,10-11,17H,8-9,12H2,1H3,(H,19,20). The van der Waals surface area contributed by atoms with Gasteiger partial charge in [0.05, 0.1) is 0 Å². The highest BCUT2D eigenvalue weighted by molar-refractivity contribution is 5.90. The van der Waals surface area contributed by atoms with Crippen molar-refractivity contribution < 1.29 is 4.79 Å². The first-order valence-electron chi connectivity index (χ1n) is 6.71. The van der Waals surface area contributed by atoms with Gasteiger partial charge in [-0.25, -0.2) is 0 Å². The van der Waals surface area contributed by atoms with Crippen LogP contribution in [0.4, 0.5) is 5.69 Å². The minimum atomic E-state index is 0.0114. The lowest BCUT2D eigenvalue weighted by Gasteiger charge is -2.07. The number of pyridine rings is 1. The molecule has 2 aromatic rings. The molecule has 0 aliphatic carbocycles. The van der Waals surface area contributed by atoms with Crippen LogP contribution in [0.2, 0.25) is 0 Å². The Hall–Kier alpha value is -2.20. The van der Waals surface area contributed by atoms with Crippen molar-refractivity contribution in [3.05, 3.63) is 59.9 Å². The quantitative estimate of drug-likeness (QED) is 0.846. The van der Waals surface area contributed by atoms with Gasteiger partial charge in [0.25, 0.3) is 0 Å². The summed E-state index contributed by atoms with van der Waals surface area (Å²) in [6, 6.07) is 13.6. The van der Waals surface area contributed by atoms with E-state index in [1.54, 1.807) is 6.20 Å². The number of carbonyl (C=O) groups excluding carboxylic acids is 1. The maximum absolute atomic E-state index is 11.9. The number of anilines is 1. The second-order valence-electron chi connectivity index (χ2n) is 4.60. The van der Waals surface area contributed by atoms with Gasteiger partial charge in [0.15, 0.2) is 0 Å². The van der Waals surface area contributed by atoms with Gasteiger partial charge in [-0.2, -0.15) is 0 Å². The van der Waals surface area contributed by atoms with Crippen LogP contribution in [0, 0.1) is 0 Å². The molecular weight excluding hydrogens is 250 g/mol. The number of aryl methyl sites for hydroxylation is 1. The molecule has 0 saturated carbocycles. The Bertz CT molecular complexity index is 555. The number of aromatic nitrogens is 1. The van der Waals surface area contributed by atoms with Crippen molar-refractivity contribution in [2.45, 2.75) is 19.4 Å². The molecule has 2 N–H and O–H groups in total. The van der Waals surface area contributed by atoms with Gasteiger partial charge in [-0.3, -0.25) is 9.78 Å². The molecule has 1 aromatic carbocycles. The first kappa shape index (κ1) is 14.2. The Balaban J connectivity index is 1.86. The lowest BCUT2D eigenvalue weighted by Crippen LogP contribution is -2.13. The molecule has 0 atom stereocenters. The molecule has 0 spiro atoms. The van der Waals surface area contributed by atoms with E-state index in [4.69, 9.17) is 0 Å². The zero-order valence-electron chi connectivity index (χ0n) is 11.6. The summed E-state index contributed by atoms with van der Waals surface area (Å²) < 4.78 is 0. The molecule has 1 heterocycles. The average molecular weight is 269 g/mol. The van der Waals surface area contributed by atoms with Crippen LogP contribution in [-0.2, 0) is 17.8 Å². The van der Waals surface area contributed by atoms with Crippen LogP contribution in [-0.4, -0.2) is 17.9 Å². The van der Waals surface area contributed by atoms with E-state index in [1.807, 2.05) is 49.5 Å². The summed E-state index contributed by atoms with van der Waals surface area (Å²) in [6.45, 7) is 0.789. The number of hydrogen-bond acceptors (Lipinski definition) is 3. The van der Waals surface area contributed by atoms with Crippen LogP contribution in [0.25, 0.3) is 0 Å². The molecule has 0 bridgehead atoms. The molecule has 0 aliphatic heterocycles. The highest BCUT2D eigenvalue weighted by Crippen LogP contribution is 2.11. The smallest absolute Gasteiger partial charge is 0.224 e. The number of benzene rings is 1. The van der Waals surface area contributed by atoms with Crippen LogP contribution in [0.3, 0.4) is 0 Å². The number of rotatable bonds is 6. The van der Waals surface area contributed by atoms with E-state index in [0.29, 0.717) is 12.8 Å². The van der Waals surface area contributed by atoms with E-state index in [0.717, 1.165) is 23.5 Å². The van der Waals surface area contributed by atoms with Crippen LogP contribution < -0.4 is 10.6 Å². The van der Waals surface area contributed by atoms with Gasteiger partial charge in [0.2, 0.25) is 5.91 Å². The van der Waals surface area contributed by atoms with Crippen molar-refractivity contribution in [2.24, 2.45) is 0 Å². The first-order valence-corrected chi connectivity index (χ1v) is 6.71. The minimum Gasteiger partial charge on any atom is -0.326 e. The number of amides is 1. The van der Waals surface area contributed by atoms with Gasteiger partial charge in [-0.05, 0) is 43.3 Å². The van der Waals surface area contributed by atoms with E-state index < -0.39 is 0 Å². The molecule has 0 saturated heterocycles. The van der Waals surface area contributed by atoms with Gasteiger partial charge in [0.1, 0.15) is 0 Å². The highest BCUT2D eigenvalue weighted by atomic mass is 16.1. The lowest BCUT2D eigenvalue weighted by molar-refractivity contribution is -0.116. The minimum absolute atomic E-state index is 0.0114. The maximum Gasteiger partial charge on any atom is 0.224 e. The molecule has 1 aromatic heterocycles. The van der Waals surface area contributed by atoms with E-state index >= 15 is 0 Å². The number of hydrogen-bond donors (Lipinski definition) is 2. The van der Waals surface area contributed by atoms with Crippen LogP contribution in [0.15, 0.2) is 48.7 Å². The third kappa shape index (κ3) is 4.48. The Labute approximate surface area is 119 Å². The van der Waals surface area contributed by atoms with Gasteiger partial charge in [-0.15, -0.1) is 0 Å². The summed E-state index contributed by atoms with van der Waals surface area (Å²) in [5.41, 5.74) is 2.92. The fraction of sp³-hybridized carbons (Fsp3) is 0.250. The third-order valence-corrected chi connectivity index (χ3v) is 2.93. The molecule has 4 heteroatoms. The molecule has 0 unspecified atom stereocenters. The monoisotopic (exact) mass is 269 g/mol. The fourth-order valence-corrected chi connectivity index (χ4v) is 1.97. The third-order valence-electron chi connectivity index (χ3n) is 2.93. The highest BCUT2D eigenvalue weighted by Gasteiger charge is 2.04. The van der Waals surface area contributed by atoms with E-state index in [2.05, 4.69) is 15.6 Å². The number of nitrogens with zero attached hydrogens (tertiary/aromatic N) is 1. The Morgan fingerprint density at radius 1 is 1.20 bits per heavy atom. The largest absolute Gasteiger partial charge is 0.326 e. The van der Waals surface area contributed by atoms with Crippen molar-refractivity contribution in [3.8, 4) is 0 Å². The predicted molar refractivity (Wildman–Crippen MR) is 80.4 cm³/mol. The van der Waals surface area contributed by atoms with Crippen molar-refractivity contribution in [3.63, 3.8) is 0 Å². The summed E-state index contributed by atoms with van der Waals surface area (Å²) in [7, 11) is 1.90. The van der Waals surface area contributed by atoms with E-state index in [1.165, 1.54) is 0 Å². The lowest BCUT2D eigenvalue weighted by atomic mass is 10.2. The summed E-state index contributed by atoms with van der Waals surface area (Å²) in [5.74, 6) is 0.0114. The Kier molecular flexibility index (Phi) is 5.26. The van der Waals surface area contributed by atoms with Crippen LogP contribution in [0.5, 0.6) is 0 Å². The first-order chi connectivity index (χ1) is 9.78. The molecule has 4 nitrogen and oxygen atoms in total. The SMILES string of the molecule is CNCc1cccc(NC(=O)CCc2ccccn2)c1. The normalized spacial score (nSPS) is 10.2. The summed E-state index contributed by atoms with van der Waals surface area (Å²) in [5, 5.41) is 6.01. The van der Waals surface area contributed by atoms with Gasteiger partial charge >= 0.3 is 0 Å². The van der Waals surface area contributed by atoms with Crippen molar-refractivity contribution in [2.75, 3.05) is 12.4 Å². The molecule has 1 amide bonds. The molecule has 20 heavy (non-hydrogen) atoms. The van der Waals surface area contributed by atoms with Crippen molar-refractivity contribution in [1.29, 1.82) is 0 Å². The molecule has 0 radical (unpaired) electrons. The van der Waals surface area contributed by atoms with Gasteiger partial charge in [-0.1, -0.05) is 18.2 Å². The summed E-state index contributed by atoms with van der Waals surface area (Å²) >= 11 is 0. The van der Waals surface area contributed by atoms with Crippen molar-refractivity contribution >= 4 is 11.6 Å². The summed E-state index contributed by atoms with van der Waals surface area (Å²) in [6.07, 6.45) is 2.84. The molecule has 2 rings (SSSR count). The molecule has 0 aliphatic rings. The average Bonchev–Trinajstić information content (AvgIpc) is 2.47. The second kappa shape index (κ2) is 7.40. The maximum atomic E-state index is 11.9. The number of nitrogens with one attached hydrogen (secondary N) is 2. The van der Waals surface area contributed by atoms with Gasteiger partial charge < -0.3 is 10.6 Å². The summed E-state index contributed by atoms with van der Waals surface area (Å²) in [4.78, 5) is 16.1. The van der Waals surface area contributed by atoms with E-state index in [9.17, 15) is 4.79 Å².